The Hall–Kier alpha value is -0.530. The molecule has 0 bridgehead atoms. The van der Waals surface area contributed by atoms with Crippen LogP contribution in [-0.2, 0) is 4.79 Å². The maximum Gasteiger partial charge on any atom is 0.223 e. The molecule has 2 heteroatoms. The minimum Gasteiger partial charge on any atom is -0.340 e. The van der Waals surface area contributed by atoms with Crippen LogP contribution in [0.5, 0.6) is 0 Å². The zero-order valence-corrected chi connectivity index (χ0v) is 10.6. The van der Waals surface area contributed by atoms with Crippen molar-refractivity contribution in [2.75, 3.05) is 6.54 Å². The SMILES string of the molecule is CCCN(C(=O)CC1CCCCC1)C1CC1. The van der Waals surface area contributed by atoms with E-state index in [2.05, 4.69) is 11.8 Å². The van der Waals surface area contributed by atoms with E-state index in [1.165, 1.54) is 44.9 Å². The lowest BCUT2D eigenvalue weighted by Gasteiger charge is -2.26. The summed E-state index contributed by atoms with van der Waals surface area (Å²) in [7, 11) is 0. The molecule has 2 fully saturated rings. The average Bonchev–Trinajstić information content (AvgIpc) is 3.11. The Labute approximate surface area is 99.4 Å². The van der Waals surface area contributed by atoms with E-state index in [0.717, 1.165) is 19.4 Å². The second kappa shape index (κ2) is 5.70. The molecule has 2 aliphatic rings. The van der Waals surface area contributed by atoms with Gasteiger partial charge in [-0.1, -0.05) is 26.2 Å². The van der Waals surface area contributed by atoms with Gasteiger partial charge < -0.3 is 4.90 Å². The van der Waals surface area contributed by atoms with Gasteiger partial charge in [0, 0.05) is 19.0 Å². The lowest BCUT2D eigenvalue weighted by Crippen LogP contribution is -2.35. The fraction of sp³-hybridized carbons (Fsp3) is 0.929. The topological polar surface area (TPSA) is 20.3 Å². The van der Waals surface area contributed by atoms with Crippen molar-refractivity contribution < 1.29 is 4.79 Å². The number of carbonyl (C=O) groups excluding carboxylic acids is 1. The number of amides is 1. The van der Waals surface area contributed by atoms with Crippen molar-refractivity contribution in [1.82, 2.24) is 4.90 Å². The summed E-state index contributed by atoms with van der Waals surface area (Å²) in [5, 5.41) is 0. The number of rotatable bonds is 5. The van der Waals surface area contributed by atoms with Gasteiger partial charge in [0.2, 0.25) is 5.91 Å². The predicted octanol–water partition coefficient (Wildman–Crippen LogP) is 3.36. The van der Waals surface area contributed by atoms with Crippen molar-refractivity contribution in [1.29, 1.82) is 0 Å². The molecule has 0 spiro atoms. The van der Waals surface area contributed by atoms with Crippen LogP contribution in [0.1, 0.15) is 64.7 Å². The Kier molecular flexibility index (Phi) is 4.25. The minimum absolute atomic E-state index is 0.441. The van der Waals surface area contributed by atoms with Gasteiger partial charge in [0.25, 0.3) is 0 Å². The van der Waals surface area contributed by atoms with Crippen LogP contribution >= 0.6 is 0 Å². The summed E-state index contributed by atoms with van der Waals surface area (Å²) in [6.07, 6.45) is 11.1. The molecular formula is C14H25NO. The summed E-state index contributed by atoms with van der Waals surface area (Å²) in [5.74, 6) is 1.13. The van der Waals surface area contributed by atoms with E-state index in [1.807, 2.05) is 0 Å². The predicted molar refractivity (Wildman–Crippen MR) is 66.2 cm³/mol. The molecule has 2 nitrogen and oxygen atoms in total. The summed E-state index contributed by atoms with van der Waals surface area (Å²) in [6, 6.07) is 0.607. The van der Waals surface area contributed by atoms with Crippen LogP contribution in [0.3, 0.4) is 0 Å². The van der Waals surface area contributed by atoms with Gasteiger partial charge in [0.1, 0.15) is 0 Å². The molecule has 0 aliphatic heterocycles. The van der Waals surface area contributed by atoms with Crippen molar-refractivity contribution >= 4 is 5.91 Å². The first-order chi connectivity index (χ1) is 7.81. The Balaban J connectivity index is 1.79. The van der Waals surface area contributed by atoms with Crippen molar-refractivity contribution in [2.24, 2.45) is 5.92 Å². The molecule has 16 heavy (non-hydrogen) atoms. The van der Waals surface area contributed by atoms with Crippen molar-refractivity contribution in [3.05, 3.63) is 0 Å². The van der Waals surface area contributed by atoms with Crippen LogP contribution < -0.4 is 0 Å². The van der Waals surface area contributed by atoms with Gasteiger partial charge in [-0.05, 0) is 38.0 Å². The van der Waals surface area contributed by atoms with Gasteiger partial charge in [0.05, 0.1) is 0 Å². The Morgan fingerprint density at radius 2 is 1.81 bits per heavy atom. The lowest BCUT2D eigenvalue weighted by molar-refractivity contribution is -0.133. The van der Waals surface area contributed by atoms with Crippen LogP contribution in [0.15, 0.2) is 0 Å². The molecule has 0 saturated heterocycles. The summed E-state index contributed by atoms with van der Waals surface area (Å²) in [5.41, 5.74) is 0. The van der Waals surface area contributed by atoms with Crippen molar-refractivity contribution in [3.8, 4) is 0 Å². The Morgan fingerprint density at radius 1 is 1.12 bits per heavy atom. The van der Waals surface area contributed by atoms with Crippen LogP contribution in [0.25, 0.3) is 0 Å². The summed E-state index contributed by atoms with van der Waals surface area (Å²) in [4.78, 5) is 14.4. The van der Waals surface area contributed by atoms with Gasteiger partial charge in [-0.25, -0.2) is 0 Å². The molecule has 92 valence electrons. The van der Waals surface area contributed by atoms with Gasteiger partial charge in [0.15, 0.2) is 0 Å². The lowest BCUT2D eigenvalue weighted by atomic mass is 9.86. The highest BCUT2D eigenvalue weighted by molar-refractivity contribution is 5.77. The zero-order valence-electron chi connectivity index (χ0n) is 10.6. The molecule has 2 rings (SSSR count). The van der Waals surface area contributed by atoms with E-state index in [1.54, 1.807) is 0 Å². The highest BCUT2D eigenvalue weighted by Gasteiger charge is 2.32. The highest BCUT2D eigenvalue weighted by atomic mass is 16.2. The molecule has 2 saturated carbocycles. The van der Waals surface area contributed by atoms with Crippen LogP contribution in [0.2, 0.25) is 0 Å². The van der Waals surface area contributed by atoms with Crippen LogP contribution in [0, 0.1) is 5.92 Å². The minimum atomic E-state index is 0.441. The third-order valence-corrected chi connectivity index (χ3v) is 3.96. The fourth-order valence-corrected chi connectivity index (χ4v) is 2.89. The molecule has 0 unspecified atom stereocenters. The molecule has 0 N–H and O–H groups in total. The maximum atomic E-state index is 12.2. The zero-order chi connectivity index (χ0) is 11.4. The average molecular weight is 223 g/mol. The molecule has 0 radical (unpaired) electrons. The maximum absolute atomic E-state index is 12.2. The molecule has 0 heterocycles. The van der Waals surface area contributed by atoms with Gasteiger partial charge >= 0.3 is 0 Å². The first kappa shape index (κ1) is 11.9. The third kappa shape index (κ3) is 3.23. The van der Waals surface area contributed by atoms with Crippen LogP contribution in [-0.4, -0.2) is 23.4 Å². The quantitative estimate of drug-likeness (QED) is 0.700. The second-order valence-corrected chi connectivity index (χ2v) is 5.53. The van der Waals surface area contributed by atoms with E-state index in [-0.39, 0.29) is 0 Å². The van der Waals surface area contributed by atoms with Gasteiger partial charge in [-0.15, -0.1) is 0 Å². The van der Waals surface area contributed by atoms with E-state index < -0.39 is 0 Å². The standard InChI is InChI=1S/C14H25NO/c1-2-10-15(13-8-9-13)14(16)11-12-6-4-3-5-7-12/h12-13H,2-11H2,1H3. The molecule has 0 aromatic heterocycles. The van der Waals surface area contributed by atoms with Crippen molar-refractivity contribution in [3.63, 3.8) is 0 Å². The van der Waals surface area contributed by atoms with Crippen molar-refractivity contribution in [2.45, 2.75) is 70.8 Å². The number of hydrogen-bond acceptors (Lipinski definition) is 1. The van der Waals surface area contributed by atoms with E-state index >= 15 is 0 Å². The Bertz CT molecular complexity index is 229. The van der Waals surface area contributed by atoms with E-state index in [9.17, 15) is 4.79 Å². The second-order valence-electron chi connectivity index (χ2n) is 5.53. The molecule has 1 amide bonds. The Morgan fingerprint density at radius 3 is 2.38 bits per heavy atom. The van der Waals surface area contributed by atoms with E-state index in [4.69, 9.17) is 0 Å². The molecule has 2 aliphatic carbocycles. The largest absolute Gasteiger partial charge is 0.340 e. The molecule has 0 aromatic carbocycles. The number of hydrogen-bond donors (Lipinski definition) is 0. The number of nitrogens with zero attached hydrogens (tertiary/aromatic N) is 1. The van der Waals surface area contributed by atoms with Crippen LogP contribution in [0.4, 0.5) is 0 Å². The van der Waals surface area contributed by atoms with Gasteiger partial charge in [-0.3, -0.25) is 4.79 Å². The first-order valence-corrected chi connectivity index (χ1v) is 7.10. The fourth-order valence-electron chi connectivity index (χ4n) is 2.89. The first-order valence-electron chi connectivity index (χ1n) is 7.10. The number of carbonyl (C=O) groups is 1. The summed E-state index contributed by atoms with van der Waals surface area (Å²) in [6.45, 7) is 3.15. The third-order valence-electron chi connectivity index (χ3n) is 3.96. The summed E-state index contributed by atoms with van der Waals surface area (Å²) < 4.78 is 0. The highest BCUT2D eigenvalue weighted by Crippen LogP contribution is 2.31. The smallest absolute Gasteiger partial charge is 0.223 e. The summed E-state index contributed by atoms with van der Waals surface area (Å²) >= 11 is 0. The van der Waals surface area contributed by atoms with Gasteiger partial charge in [-0.2, -0.15) is 0 Å². The molecular weight excluding hydrogens is 198 g/mol. The molecule has 0 atom stereocenters. The normalized spacial score (nSPS) is 22.1. The monoisotopic (exact) mass is 223 g/mol. The van der Waals surface area contributed by atoms with E-state index in [0.29, 0.717) is 17.9 Å². The molecule has 0 aromatic rings.